The molecule has 0 spiro atoms. The van der Waals surface area contributed by atoms with Crippen LogP contribution in [0.3, 0.4) is 0 Å². The zero-order valence-corrected chi connectivity index (χ0v) is 14.0. The van der Waals surface area contributed by atoms with Gasteiger partial charge in [0.05, 0.1) is 7.11 Å². The van der Waals surface area contributed by atoms with E-state index in [1.165, 1.54) is 12.1 Å². The molecule has 2 aromatic carbocycles. The minimum Gasteiger partial charge on any atom is -0.497 e. The van der Waals surface area contributed by atoms with E-state index in [1.54, 1.807) is 13.2 Å². The second kappa shape index (κ2) is 6.70. The third-order valence-electron chi connectivity index (χ3n) is 3.05. The van der Waals surface area contributed by atoms with Gasteiger partial charge in [-0.25, -0.2) is 4.39 Å². The number of halogens is 3. The molecule has 2 nitrogen and oxygen atoms in total. The van der Waals surface area contributed by atoms with Crippen molar-refractivity contribution < 1.29 is 9.13 Å². The monoisotopic (exact) mass is 401 g/mol. The zero-order chi connectivity index (χ0) is 14.7. The van der Waals surface area contributed by atoms with Crippen LogP contribution in [0.25, 0.3) is 0 Å². The molecule has 0 aliphatic heterocycles. The van der Waals surface area contributed by atoms with Crippen molar-refractivity contribution in [2.24, 2.45) is 5.73 Å². The van der Waals surface area contributed by atoms with Crippen molar-refractivity contribution in [3.05, 3.63) is 62.3 Å². The van der Waals surface area contributed by atoms with Crippen molar-refractivity contribution in [3.8, 4) is 5.75 Å². The maximum atomic E-state index is 13.3. The Morgan fingerprint density at radius 3 is 2.55 bits per heavy atom. The van der Waals surface area contributed by atoms with Gasteiger partial charge in [-0.15, -0.1) is 0 Å². The normalized spacial score (nSPS) is 12.2. The first-order valence-electron chi connectivity index (χ1n) is 6.04. The molecule has 5 heteroatoms. The van der Waals surface area contributed by atoms with Crippen molar-refractivity contribution in [1.29, 1.82) is 0 Å². The smallest absolute Gasteiger partial charge is 0.123 e. The molecule has 0 heterocycles. The molecule has 106 valence electrons. The fourth-order valence-electron chi connectivity index (χ4n) is 1.98. The van der Waals surface area contributed by atoms with E-state index in [2.05, 4.69) is 31.9 Å². The summed E-state index contributed by atoms with van der Waals surface area (Å²) in [5, 5.41) is 0. The predicted molar refractivity (Wildman–Crippen MR) is 85.4 cm³/mol. The lowest BCUT2D eigenvalue weighted by Gasteiger charge is -2.16. The number of rotatable bonds is 4. The fraction of sp³-hybridized carbons (Fsp3) is 0.200. The number of methoxy groups -OCH3 is 1. The molecule has 0 fully saturated rings. The third kappa shape index (κ3) is 3.59. The van der Waals surface area contributed by atoms with Crippen LogP contribution in [0.2, 0.25) is 0 Å². The molecular weight excluding hydrogens is 389 g/mol. The molecule has 20 heavy (non-hydrogen) atoms. The summed E-state index contributed by atoms with van der Waals surface area (Å²) in [6.45, 7) is 0. The van der Waals surface area contributed by atoms with Crippen LogP contribution in [0.4, 0.5) is 4.39 Å². The lowest BCUT2D eigenvalue weighted by Crippen LogP contribution is -2.14. The van der Waals surface area contributed by atoms with E-state index in [0.29, 0.717) is 6.42 Å². The van der Waals surface area contributed by atoms with Crippen LogP contribution in [0.5, 0.6) is 5.75 Å². The van der Waals surface area contributed by atoms with Gasteiger partial charge < -0.3 is 10.5 Å². The van der Waals surface area contributed by atoms with E-state index in [9.17, 15) is 4.39 Å². The molecule has 2 aromatic rings. The number of nitrogens with two attached hydrogens (primary N) is 1. The minimum atomic E-state index is -0.302. The predicted octanol–water partition coefficient (Wildman–Crippen LogP) is 4.60. The largest absolute Gasteiger partial charge is 0.497 e. The Morgan fingerprint density at radius 2 is 1.85 bits per heavy atom. The highest BCUT2D eigenvalue weighted by molar-refractivity contribution is 9.10. The molecular formula is C15H14Br2FNO. The molecule has 0 amide bonds. The molecule has 1 atom stereocenters. The summed E-state index contributed by atoms with van der Waals surface area (Å²) in [7, 11) is 1.62. The maximum absolute atomic E-state index is 13.3. The molecule has 0 aliphatic carbocycles. The summed E-state index contributed by atoms with van der Waals surface area (Å²) in [5.74, 6) is 0.483. The number of benzene rings is 2. The summed E-state index contributed by atoms with van der Waals surface area (Å²) in [4.78, 5) is 0. The Labute approximate surface area is 134 Å². The Balaban J connectivity index is 2.27. The lowest BCUT2D eigenvalue weighted by molar-refractivity contribution is 0.414. The minimum absolute atomic E-state index is 0.289. The van der Waals surface area contributed by atoms with Crippen molar-refractivity contribution in [3.63, 3.8) is 0 Å². The average Bonchev–Trinajstić information content (AvgIpc) is 2.43. The quantitative estimate of drug-likeness (QED) is 0.810. The van der Waals surface area contributed by atoms with Crippen molar-refractivity contribution in [1.82, 2.24) is 0 Å². The standard InChI is InChI=1S/C15H14Br2FNO/c1-20-11-3-5-13(16)9(6-11)7-15(19)12-8-10(18)2-4-14(12)17/h2-6,8,15H,7,19H2,1H3. The van der Waals surface area contributed by atoms with Gasteiger partial charge in [-0.2, -0.15) is 0 Å². The first-order valence-corrected chi connectivity index (χ1v) is 7.63. The summed E-state index contributed by atoms with van der Waals surface area (Å²) >= 11 is 6.90. The van der Waals surface area contributed by atoms with E-state index < -0.39 is 0 Å². The van der Waals surface area contributed by atoms with Gasteiger partial charge in [0.1, 0.15) is 11.6 Å². The van der Waals surface area contributed by atoms with E-state index in [0.717, 1.165) is 25.8 Å². The van der Waals surface area contributed by atoms with Gasteiger partial charge >= 0.3 is 0 Å². The van der Waals surface area contributed by atoms with E-state index in [4.69, 9.17) is 10.5 Å². The fourth-order valence-corrected chi connectivity index (χ4v) is 2.93. The Hall–Kier alpha value is -0.910. The highest BCUT2D eigenvalue weighted by atomic mass is 79.9. The third-order valence-corrected chi connectivity index (χ3v) is 4.55. The first kappa shape index (κ1) is 15.5. The summed E-state index contributed by atoms with van der Waals surface area (Å²) in [6, 6.07) is 9.95. The van der Waals surface area contributed by atoms with Crippen LogP contribution >= 0.6 is 31.9 Å². The number of ether oxygens (including phenoxy) is 1. The molecule has 0 saturated carbocycles. The van der Waals surface area contributed by atoms with Crippen LogP contribution < -0.4 is 10.5 Å². The molecule has 2 N–H and O–H groups in total. The molecule has 0 aliphatic rings. The second-order valence-corrected chi connectivity index (χ2v) is 6.14. The summed E-state index contributed by atoms with van der Waals surface area (Å²) in [5.41, 5.74) is 7.97. The first-order chi connectivity index (χ1) is 9.51. The van der Waals surface area contributed by atoms with Crippen molar-refractivity contribution >= 4 is 31.9 Å². The van der Waals surface area contributed by atoms with Gasteiger partial charge in [-0.3, -0.25) is 0 Å². The maximum Gasteiger partial charge on any atom is 0.123 e. The van der Waals surface area contributed by atoms with E-state index in [1.807, 2.05) is 18.2 Å². The molecule has 0 radical (unpaired) electrons. The number of hydrogen-bond acceptors (Lipinski definition) is 2. The van der Waals surface area contributed by atoms with Gasteiger partial charge in [0.25, 0.3) is 0 Å². The Kier molecular flexibility index (Phi) is 5.18. The average molecular weight is 403 g/mol. The van der Waals surface area contributed by atoms with Gasteiger partial charge in [0.15, 0.2) is 0 Å². The summed E-state index contributed by atoms with van der Waals surface area (Å²) in [6.07, 6.45) is 0.583. The zero-order valence-electron chi connectivity index (χ0n) is 10.9. The van der Waals surface area contributed by atoms with Gasteiger partial charge in [0.2, 0.25) is 0 Å². The molecule has 0 bridgehead atoms. The molecule has 0 saturated heterocycles. The van der Waals surface area contributed by atoms with E-state index >= 15 is 0 Å². The Morgan fingerprint density at radius 1 is 1.15 bits per heavy atom. The molecule has 1 unspecified atom stereocenters. The van der Waals surface area contributed by atoms with Crippen LogP contribution in [-0.4, -0.2) is 7.11 Å². The summed E-state index contributed by atoms with van der Waals surface area (Å²) < 4.78 is 20.3. The van der Waals surface area contributed by atoms with Crippen molar-refractivity contribution in [2.75, 3.05) is 7.11 Å². The van der Waals surface area contributed by atoms with Gasteiger partial charge in [0, 0.05) is 15.0 Å². The van der Waals surface area contributed by atoms with Crippen LogP contribution in [0, 0.1) is 5.82 Å². The Bertz CT molecular complexity index is 619. The SMILES string of the molecule is COc1ccc(Br)c(CC(N)c2cc(F)ccc2Br)c1. The van der Waals surface area contributed by atoms with Gasteiger partial charge in [-0.1, -0.05) is 31.9 Å². The van der Waals surface area contributed by atoms with E-state index in [-0.39, 0.29) is 11.9 Å². The van der Waals surface area contributed by atoms with Crippen LogP contribution in [0.1, 0.15) is 17.2 Å². The van der Waals surface area contributed by atoms with Crippen molar-refractivity contribution in [2.45, 2.75) is 12.5 Å². The van der Waals surface area contributed by atoms with Crippen LogP contribution in [0.15, 0.2) is 45.3 Å². The molecule has 2 rings (SSSR count). The van der Waals surface area contributed by atoms with Crippen LogP contribution in [-0.2, 0) is 6.42 Å². The number of hydrogen-bond donors (Lipinski definition) is 1. The highest BCUT2D eigenvalue weighted by Gasteiger charge is 2.14. The second-order valence-electron chi connectivity index (χ2n) is 4.43. The van der Waals surface area contributed by atoms with Gasteiger partial charge in [-0.05, 0) is 53.9 Å². The lowest BCUT2D eigenvalue weighted by atomic mass is 9.99. The highest BCUT2D eigenvalue weighted by Crippen LogP contribution is 2.29. The molecule has 0 aromatic heterocycles. The topological polar surface area (TPSA) is 35.2 Å².